The molecule has 0 aliphatic heterocycles. The van der Waals surface area contributed by atoms with Gasteiger partial charge in [0.1, 0.15) is 0 Å². The first kappa shape index (κ1) is 11.4. The lowest BCUT2D eigenvalue weighted by molar-refractivity contribution is 0.431. The lowest BCUT2D eigenvalue weighted by atomic mass is 10.1. The molecule has 5 heteroatoms. The van der Waals surface area contributed by atoms with Gasteiger partial charge >= 0.3 is 0 Å². The number of anilines is 1. The van der Waals surface area contributed by atoms with E-state index in [2.05, 4.69) is 15.1 Å². The van der Waals surface area contributed by atoms with Crippen LogP contribution in [0.5, 0.6) is 0 Å². The van der Waals surface area contributed by atoms with E-state index in [1.807, 2.05) is 31.2 Å². The summed E-state index contributed by atoms with van der Waals surface area (Å²) in [4.78, 5) is 8.48. The summed E-state index contributed by atoms with van der Waals surface area (Å²) in [5.74, 6) is 0.860. The van der Waals surface area contributed by atoms with Crippen molar-refractivity contribution in [3.8, 4) is 23.0 Å². The van der Waals surface area contributed by atoms with Crippen LogP contribution in [0.15, 0.2) is 47.1 Å². The molecular formula is C14H12N4O. The van der Waals surface area contributed by atoms with E-state index in [1.54, 1.807) is 18.3 Å². The van der Waals surface area contributed by atoms with Gasteiger partial charge in [0.15, 0.2) is 5.69 Å². The van der Waals surface area contributed by atoms with E-state index in [4.69, 9.17) is 10.3 Å². The van der Waals surface area contributed by atoms with E-state index < -0.39 is 0 Å². The summed E-state index contributed by atoms with van der Waals surface area (Å²) in [5.41, 5.74) is 8.91. The fourth-order valence-corrected chi connectivity index (χ4v) is 1.82. The number of pyridine rings is 1. The first-order valence-electron chi connectivity index (χ1n) is 5.85. The van der Waals surface area contributed by atoms with Crippen LogP contribution in [0.25, 0.3) is 23.0 Å². The van der Waals surface area contributed by atoms with Crippen molar-refractivity contribution in [1.29, 1.82) is 0 Å². The van der Waals surface area contributed by atoms with Gasteiger partial charge in [-0.05, 0) is 25.1 Å². The molecule has 94 valence electrons. The summed E-state index contributed by atoms with van der Waals surface area (Å²) in [6.45, 7) is 2.02. The molecule has 1 aromatic carbocycles. The average Bonchev–Trinajstić information content (AvgIpc) is 2.89. The van der Waals surface area contributed by atoms with Gasteiger partial charge in [-0.3, -0.25) is 0 Å². The molecule has 19 heavy (non-hydrogen) atoms. The van der Waals surface area contributed by atoms with Crippen LogP contribution in [0.4, 0.5) is 5.69 Å². The molecule has 0 saturated heterocycles. The van der Waals surface area contributed by atoms with Gasteiger partial charge in [0, 0.05) is 11.8 Å². The largest absolute Gasteiger partial charge is 0.397 e. The van der Waals surface area contributed by atoms with E-state index in [9.17, 15) is 0 Å². The number of nitrogens with two attached hydrogens (primary N) is 1. The van der Waals surface area contributed by atoms with Crippen LogP contribution in [-0.2, 0) is 0 Å². The Morgan fingerprint density at radius 2 is 2.05 bits per heavy atom. The van der Waals surface area contributed by atoms with Crippen LogP contribution in [0, 0.1) is 6.92 Å². The SMILES string of the molecule is Cc1cccc(-c2noc(-c3ncccc3N)n2)c1. The number of nitrogen functional groups attached to an aromatic ring is 1. The Hall–Kier alpha value is -2.69. The van der Waals surface area contributed by atoms with Crippen molar-refractivity contribution in [3.05, 3.63) is 48.2 Å². The molecule has 0 spiro atoms. The number of rotatable bonds is 2. The third-order valence-corrected chi connectivity index (χ3v) is 2.74. The molecule has 0 unspecified atom stereocenters. The highest BCUT2D eigenvalue weighted by Crippen LogP contribution is 2.24. The van der Waals surface area contributed by atoms with Gasteiger partial charge in [-0.2, -0.15) is 4.98 Å². The van der Waals surface area contributed by atoms with Crippen molar-refractivity contribution >= 4 is 5.69 Å². The first-order valence-corrected chi connectivity index (χ1v) is 5.85. The van der Waals surface area contributed by atoms with Gasteiger partial charge in [-0.15, -0.1) is 0 Å². The lowest BCUT2D eigenvalue weighted by Crippen LogP contribution is -1.92. The summed E-state index contributed by atoms with van der Waals surface area (Å²) in [6.07, 6.45) is 1.64. The Morgan fingerprint density at radius 1 is 1.16 bits per heavy atom. The highest BCUT2D eigenvalue weighted by molar-refractivity contribution is 5.67. The topological polar surface area (TPSA) is 77.8 Å². The van der Waals surface area contributed by atoms with Crippen molar-refractivity contribution in [2.45, 2.75) is 6.92 Å². The Bertz CT molecular complexity index is 721. The summed E-state index contributed by atoms with van der Waals surface area (Å²) < 4.78 is 5.22. The Balaban J connectivity index is 2.03. The monoisotopic (exact) mass is 252 g/mol. The van der Waals surface area contributed by atoms with Crippen molar-refractivity contribution in [1.82, 2.24) is 15.1 Å². The lowest BCUT2D eigenvalue weighted by Gasteiger charge is -1.97. The number of benzene rings is 1. The standard InChI is InChI=1S/C14H12N4O/c1-9-4-2-5-10(8-9)13-17-14(19-18-13)12-11(15)6-3-7-16-12/h2-8H,15H2,1H3. The predicted molar refractivity (Wildman–Crippen MR) is 72.1 cm³/mol. The van der Waals surface area contributed by atoms with Gasteiger partial charge in [-0.1, -0.05) is 28.9 Å². The van der Waals surface area contributed by atoms with E-state index in [1.165, 1.54) is 0 Å². The zero-order valence-corrected chi connectivity index (χ0v) is 10.4. The fraction of sp³-hybridized carbons (Fsp3) is 0.0714. The number of aryl methyl sites for hydroxylation is 1. The van der Waals surface area contributed by atoms with Crippen LogP contribution >= 0.6 is 0 Å². The smallest absolute Gasteiger partial charge is 0.278 e. The Kier molecular flexibility index (Phi) is 2.72. The molecule has 5 nitrogen and oxygen atoms in total. The van der Waals surface area contributed by atoms with Crippen LogP contribution in [0.3, 0.4) is 0 Å². The molecule has 0 bridgehead atoms. The van der Waals surface area contributed by atoms with Crippen molar-refractivity contribution < 1.29 is 4.52 Å². The quantitative estimate of drug-likeness (QED) is 0.758. The summed E-state index contributed by atoms with van der Waals surface area (Å²) in [7, 11) is 0. The minimum absolute atomic E-state index is 0.328. The molecule has 0 fully saturated rings. The van der Waals surface area contributed by atoms with Gasteiger partial charge < -0.3 is 10.3 Å². The molecule has 2 N–H and O–H groups in total. The van der Waals surface area contributed by atoms with Crippen molar-refractivity contribution in [2.75, 3.05) is 5.73 Å². The maximum Gasteiger partial charge on any atom is 0.278 e. The molecule has 0 aliphatic rings. The first-order chi connectivity index (χ1) is 9.24. The number of nitrogens with zero attached hydrogens (tertiary/aromatic N) is 3. The number of hydrogen-bond acceptors (Lipinski definition) is 5. The predicted octanol–water partition coefficient (Wildman–Crippen LogP) is 2.69. The second-order valence-corrected chi connectivity index (χ2v) is 4.23. The van der Waals surface area contributed by atoms with Crippen molar-refractivity contribution in [3.63, 3.8) is 0 Å². The fourth-order valence-electron chi connectivity index (χ4n) is 1.82. The Morgan fingerprint density at radius 3 is 2.84 bits per heavy atom. The molecule has 0 amide bonds. The molecule has 0 atom stereocenters. The van der Waals surface area contributed by atoms with Gasteiger partial charge in [0.05, 0.1) is 5.69 Å². The van der Waals surface area contributed by atoms with Crippen LogP contribution < -0.4 is 5.73 Å². The molecule has 0 saturated carbocycles. The third-order valence-electron chi connectivity index (χ3n) is 2.74. The minimum atomic E-state index is 0.328. The molecule has 0 aliphatic carbocycles. The second kappa shape index (κ2) is 4.53. The molecule has 2 aromatic heterocycles. The number of hydrogen-bond donors (Lipinski definition) is 1. The third kappa shape index (κ3) is 2.18. The van der Waals surface area contributed by atoms with E-state index in [0.29, 0.717) is 23.1 Å². The maximum absolute atomic E-state index is 5.83. The highest BCUT2D eigenvalue weighted by atomic mass is 16.5. The highest BCUT2D eigenvalue weighted by Gasteiger charge is 2.13. The van der Waals surface area contributed by atoms with Crippen LogP contribution in [0.2, 0.25) is 0 Å². The normalized spacial score (nSPS) is 10.6. The van der Waals surface area contributed by atoms with E-state index >= 15 is 0 Å². The molecule has 0 radical (unpaired) electrons. The Labute approximate surface area is 110 Å². The molecular weight excluding hydrogens is 240 g/mol. The van der Waals surface area contributed by atoms with Gasteiger partial charge in [0.2, 0.25) is 5.82 Å². The van der Waals surface area contributed by atoms with E-state index in [-0.39, 0.29) is 0 Å². The molecule has 2 heterocycles. The minimum Gasteiger partial charge on any atom is -0.397 e. The average molecular weight is 252 g/mol. The second-order valence-electron chi connectivity index (χ2n) is 4.23. The zero-order valence-electron chi connectivity index (χ0n) is 10.4. The van der Waals surface area contributed by atoms with Crippen molar-refractivity contribution in [2.24, 2.45) is 0 Å². The van der Waals surface area contributed by atoms with Gasteiger partial charge in [0.25, 0.3) is 5.89 Å². The van der Waals surface area contributed by atoms with Crippen LogP contribution in [0.1, 0.15) is 5.56 Å². The molecule has 3 aromatic rings. The summed E-state index contributed by atoms with van der Waals surface area (Å²) in [6, 6.07) is 11.4. The number of aromatic nitrogens is 3. The summed E-state index contributed by atoms with van der Waals surface area (Å²) in [5, 5.41) is 3.96. The maximum atomic E-state index is 5.83. The van der Waals surface area contributed by atoms with E-state index in [0.717, 1.165) is 11.1 Å². The molecule has 3 rings (SSSR count). The van der Waals surface area contributed by atoms with Crippen LogP contribution in [-0.4, -0.2) is 15.1 Å². The summed E-state index contributed by atoms with van der Waals surface area (Å²) >= 11 is 0. The van der Waals surface area contributed by atoms with Gasteiger partial charge in [-0.25, -0.2) is 4.98 Å². The zero-order chi connectivity index (χ0) is 13.2.